The number of halogens is 4. The molecule has 1 saturated heterocycles. The summed E-state index contributed by atoms with van der Waals surface area (Å²) in [6.07, 6.45) is -3.32. The number of hydrogen-bond donors (Lipinski definition) is 2. The van der Waals surface area contributed by atoms with Crippen molar-refractivity contribution >= 4 is 46.0 Å². The van der Waals surface area contributed by atoms with Crippen LogP contribution in [0.4, 0.5) is 13.2 Å². The standard InChI is InChI=1S/C24H20ClF3N2O4S/c25-14-4-6-19(32)17(11-14)21-16-10-13(24(26,27)28)3-5-18(16)29-23(34)22(21)35-12-15(31)7-9-30-8-1-2-20(30)33/h3-6,10-11,32H,1-2,7-9,12H2,(H,29,34). The first-order valence-corrected chi connectivity index (χ1v) is 12.1. The molecule has 0 radical (unpaired) electrons. The smallest absolute Gasteiger partial charge is 0.416 e. The quantitative estimate of drug-likeness (QED) is 0.412. The van der Waals surface area contributed by atoms with Crippen molar-refractivity contribution in [3.8, 4) is 16.9 Å². The Balaban J connectivity index is 1.74. The largest absolute Gasteiger partial charge is 0.507 e. The molecule has 1 amide bonds. The zero-order valence-electron chi connectivity index (χ0n) is 18.2. The van der Waals surface area contributed by atoms with Gasteiger partial charge < -0.3 is 15.0 Å². The Labute approximate surface area is 207 Å². The van der Waals surface area contributed by atoms with Gasteiger partial charge in [-0.05, 0) is 42.8 Å². The molecule has 2 N–H and O–H groups in total. The predicted octanol–water partition coefficient (Wildman–Crippen LogP) is 5.25. The number of phenolic OH excluding ortho intramolecular Hbond substituents is 1. The molecule has 2 heterocycles. The molecule has 0 bridgehead atoms. The molecule has 0 saturated carbocycles. The summed E-state index contributed by atoms with van der Waals surface area (Å²) in [5.41, 5.74) is -1.27. The molecule has 6 nitrogen and oxygen atoms in total. The van der Waals surface area contributed by atoms with Crippen molar-refractivity contribution in [1.29, 1.82) is 0 Å². The minimum atomic E-state index is -4.63. The average molecular weight is 525 g/mol. The minimum absolute atomic E-state index is 0.00406. The zero-order chi connectivity index (χ0) is 25.3. The fourth-order valence-corrected chi connectivity index (χ4v) is 5.16. The Hall–Kier alpha value is -2.98. The number of carbonyl (C=O) groups is 2. The Morgan fingerprint density at radius 2 is 1.94 bits per heavy atom. The molecule has 3 aromatic rings. The molecule has 0 spiro atoms. The number of rotatable bonds is 7. The van der Waals surface area contributed by atoms with Crippen LogP contribution in [0.25, 0.3) is 22.0 Å². The highest BCUT2D eigenvalue weighted by atomic mass is 35.5. The van der Waals surface area contributed by atoms with E-state index in [1.54, 1.807) is 4.90 Å². The first-order valence-electron chi connectivity index (χ1n) is 10.7. The summed E-state index contributed by atoms with van der Waals surface area (Å²) in [5.74, 6) is -0.640. The van der Waals surface area contributed by atoms with Gasteiger partial charge >= 0.3 is 6.18 Å². The van der Waals surface area contributed by atoms with Gasteiger partial charge in [-0.1, -0.05) is 11.6 Å². The van der Waals surface area contributed by atoms with Crippen LogP contribution in [-0.2, 0) is 15.8 Å². The lowest BCUT2D eigenvalue weighted by Crippen LogP contribution is -2.27. The Morgan fingerprint density at radius 3 is 2.63 bits per heavy atom. The van der Waals surface area contributed by atoms with Gasteiger partial charge in [-0.25, -0.2) is 0 Å². The molecule has 1 aliphatic heterocycles. The molecule has 4 rings (SSSR count). The number of H-pyrrole nitrogens is 1. The average Bonchev–Trinajstić information content (AvgIpc) is 3.21. The number of fused-ring (bicyclic) bond motifs is 1. The van der Waals surface area contributed by atoms with E-state index in [9.17, 15) is 32.7 Å². The van der Waals surface area contributed by atoms with Crippen LogP contribution in [0.3, 0.4) is 0 Å². The number of benzene rings is 2. The number of aromatic nitrogens is 1. The fourth-order valence-electron chi connectivity index (χ4n) is 3.99. The maximum atomic E-state index is 13.4. The molecule has 1 aromatic heterocycles. The number of thioether (sulfide) groups is 1. The van der Waals surface area contributed by atoms with Crippen LogP contribution in [0.5, 0.6) is 5.75 Å². The van der Waals surface area contributed by atoms with E-state index in [0.29, 0.717) is 13.0 Å². The number of Topliss-reactive ketones (excluding diaryl/α,β-unsaturated/α-hetero) is 1. The Morgan fingerprint density at radius 1 is 1.17 bits per heavy atom. The maximum Gasteiger partial charge on any atom is 0.416 e. The SMILES string of the molecule is O=C(CCN1CCCC1=O)CSc1c(-c2cc(Cl)ccc2O)c2cc(C(F)(F)F)ccc2[nH]c1=O. The van der Waals surface area contributed by atoms with Gasteiger partial charge in [0.15, 0.2) is 0 Å². The van der Waals surface area contributed by atoms with Crippen molar-refractivity contribution in [3.63, 3.8) is 0 Å². The number of ketones is 1. The molecule has 0 atom stereocenters. The summed E-state index contributed by atoms with van der Waals surface area (Å²) in [6.45, 7) is 0.881. The third kappa shape index (κ3) is 5.48. The van der Waals surface area contributed by atoms with Gasteiger partial charge in [-0.15, -0.1) is 11.8 Å². The van der Waals surface area contributed by atoms with E-state index in [0.717, 1.165) is 36.4 Å². The summed E-state index contributed by atoms with van der Waals surface area (Å²) < 4.78 is 40.3. The number of pyridine rings is 1. The molecule has 35 heavy (non-hydrogen) atoms. The Bertz CT molecular complexity index is 1370. The number of amides is 1. The van der Waals surface area contributed by atoms with Crippen LogP contribution < -0.4 is 5.56 Å². The van der Waals surface area contributed by atoms with Crippen LogP contribution in [0.15, 0.2) is 46.1 Å². The van der Waals surface area contributed by atoms with Crippen LogP contribution in [0.2, 0.25) is 5.02 Å². The highest BCUT2D eigenvalue weighted by Gasteiger charge is 2.31. The topological polar surface area (TPSA) is 90.5 Å². The lowest BCUT2D eigenvalue weighted by Gasteiger charge is -2.16. The number of nitrogens with one attached hydrogen (secondary N) is 1. The number of carbonyl (C=O) groups excluding carboxylic acids is 2. The lowest BCUT2D eigenvalue weighted by molar-refractivity contribution is -0.137. The first-order chi connectivity index (χ1) is 16.5. The summed E-state index contributed by atoms with van der Waals surface area (Å²) in [6, 6.07) is 6.95. The highest BCUT2D eigenvalue weighted by Crippen LogP contribution is 2.42. The van der Waals surface area contributed by atoms with Crippen molar-refractivity contribution in [1.82, 2.24) is 9.88 Å². The van der Waals surface area contributed by atoms with Gasteiger partial charge in [-0.2, -0.15) is 13.2 Å². The molecule has 184 valence electrons. The summed E-state index contributed by atoms with van der Waals surface area (Å²) in [4.78, 5) is 41.4. The molecular weight excluding hydrogens is 505 g/mol. The Kier molecular flexibility index (Phi) is 7.14. The third-order valence-electron chi connectivity index (χ3n) is 5.74. The fraction of sp³-hybridized carbons (Fsp3) is 0.292. The van der Waals surface area contributed by atoms with Crippen LogP contribution in [-0.4, -0.2) is 45.5 Å². The molecular formula is C24H20ClF3N2O4S. The van der Waals surface area contributed by atoms with Crippen molar-refractivity contribution in [2.75, 3.05) is 18.8 Å². The molecule has 0 unspecified atom stereocenters. The number of aromatic amines is 1. The van der Waals surface area contributed by atoms with Gasteiger partial charge in [0.1, 0.15) is 11.5 Å². The third-order valence-corrected chi connectivity index (χ3v) is 7.11. The second kappa shape index (κ2) is 9.94. The number of alkyl halides is 3. The maximum absolute atomic E-state index is 13.4. The summed E-state index contributed by atoms with van der Waals surface area (Å²) >= 11 is 6.96. The number of hydrogen-bond acceptors (Lipinski definition) is 5. The van der Waals surface area contributed by atoms with Gasteiger partial charge in [0, 0.05) is 53.0 Å². The molecule has 0 aliphatic carbocycles. The second-order valence-corrected chi connectivity index (χ2v) is 9.56. The monoisotopic (exact) mass is 524 g/mol. The minimum Gasteiger partial charge on any atom is -0.507 e. The van der Waals surface area contributed by atoms with E-state index in [2.05, 4.69) is 4.98 Å². The molecule has 1 aliphatic rings. The first kappa shape index (κ1) is 25.1. The van der Waals surface area contributed by atoms with E-state index >= 15 is 0 Å². The number of phenols is 1. The van der Waals surface area contributed by atoms with Gasteiger partial charge in [0.25, 0.3) is 5.56 Å². The van der Waals surface area contributed by atoms with E-state index in [-0.39, 0.29) is 68.1 Å². The van der Waals surface area contributed by atoms with Gasteiger partial charge in [0.05, 0.1) is 16.2 Å². The van der Waals surface area contributed by atoms with Crippen LogP contribution >= 0.6 is 23.4 Å². The lowest BCUT2D eigenvalue weighted by atomic mass is 9.98. The van der Waals surface area contributed by atoms with E-state index in [1.165, 1.54) is 18.2 Å². The van der Waals surface area contributed by atoms with Crippen LogP contribution in [0, 0.1) is 0 Å². The molecule has 2 aromatic carbocycles. The normalized spacial score (nSPS) is 14.2. The summed E-state index contributed by atoms with van der Waals surface area (Å²) in [5, 5.41) is 10.8. The van der Waals surface area contributed by atoms with E-state index < -0.39 is 17.3 Å². The van der Waals surface area contributed by atoms with Gasteiger partial charge in [-0.3, -0.25) is 14.4 Å². The van der Waals surface area contributed by atoms with Crippen molar-refractivity contribution in [2.24, 2.45) is 0 Å². The van der Waals surface area contributed by atoms with Crippen molar-refractivity contribution < 1.29 is 27.9 Å². The number of nitrogens with zero attached hydrogens (tertiary/aromatic N) is 1. The molecule has 11 heteroatoms. The number of aromatic hydroxyl groups is 1. The second-order valence-electron chi connectivity index (χ2n) is 8.14. The van der Waals surface area contributed by atoms with E-state index in [4.69, 9.17) is 11.6 Å². The zero-order valence-corrected chi connectivity index (χ0v) is 19.8. The summed E-state index contributed by atoms with van der Waals surface area (Å²) in [7, 11) is 0. The predicted molar refractivity (Wildman–Crippen MR) is 128 cm³/mol. The molecule has 1 fully saturated rings. The van der Waals surface area contributed by atoms with Gasteiger partial charge in [0.2, 0.25) is 5.91 Å². The van der Waals surface area contributed by atoms with Crippen molar-refractivity contribution in [3.05, 3.63) is 57.3 Å². The highest BCUT2D eigenvalue weighted by molar-refractivity contribution is 8.00. The van der Waals surface area contributed by atoms with Crippen LogP contribution in [0.1, 0.15) is 24.8 Å². The number of likely N-dealkylation sites (tertiary alicyclic amines) is 1. The van der Waals surface area contributed by atoms with E-state index in [1.807, 2.05) is 0 Å². The van der Waals surface area contributed by atoms with Crippen molar-refractivity contribution in [2.45, 2.75) is 30.3 Å².